The number of benzene rings is 3. The number of para-hydroxylation sites is 1. The van der Waals surface area contributed by atoms with Gasteiger partial charge in [-0.15, -0.1) is 0 Å². The quantitative estimate of drug-likeness (QED) is 0.356. The number of ether oxygens (including phenoxy) is 1. The van der Waals surface area contributed by atoms with Gasteiger partial charge < -0.3 is 10.1 Å². The number of nitro groups is 1. The summed E-state index contributed by atoms with van der Waals surface area (Å²) < 4.78 is 19.6. The molecule has 0 saturated carbocycles. The summed E-state index contributed by atoms with van der Waals surface area (Å²) in [6, 6.07) is 17.4. The number of imide groups is 1. The maximum atomic E-state index is 14.4. The maximum Gasteiger partial charge on any atom is 0.282 e. The number of amides is 2. The van der Waals surface area contributed by atoms with E-state index in [1.54, 1.807) is 24.3 Å². The van der Waals surface area contributed by atoms with Gasteiger partial charge in [0.2, 0.25) is 0 Å². The third kappa shape index (κ3) is 3.67. The van der Waals surface area contributed by atoms with Crippen molar-refractivity contribution in [2.75, 3.05) is 17.3 Å². The molecule has 1 heterocycles. The summed E-state index contributed by atoms with van der Waals surface area (Å²) in [6.45, 7) is 0. The normalized spacial score (nSPS) is 13.5. The van der Waals surface area contributed by atoms with Crippen molar-refractivity contribution in [2.45, 2.75) is 0 Å². The maximum absolute atomic E-state index is 14.4. The van der Waals surface area contributed by atoms with Crippen molar-refractivity contribution >= 4 is 34.4 Å². The van der Waals surface area contributed by atoms with E-state index in [1.165, 1.54) is 49.6 Å². The fraction of sp³-hybridized carbons (Fsp3) is 0.0435. The van der Waals surface area contributed by atoms with Gasteiger partial charge in [-0.2, -0.15) is 0 Å². The molecule has 0 aliphatic carbocycles. The van der Waals surface area contributed by atoms with Crippen LogP contribution in [0.2, 0.25) is 0 Å². The second kappa shape index (κ2) is 8.31. The van der Waals surface area contributed by atoms with Crippen LogP contribution in [0.3, 0.4) is 0 Å². The Kier molecular flexibility index (Phi) is 5.38. The van der Waals surface area contributed by atoms with Crippen molar-refractivity contribution in [3.63, 3.8) is 0 Å². The summed E-state index contributed by atoms with van der Waals surface area (Å²) in [7, 11) is 1.49. The number of halogens is 1. The molecule has 3 aromatic rings. The van der Waals surface area contributed by atoms with Crippen molar-refractivity contribution in [3.05, 3.63) is 100.0 Å². The molecule has 0 saturated heterocycles. The Morgan fingerprint density at radius 1 is 0.969 bits per heavy atom. The molecule has 0 spiro atoms. The lowest BCUT2D eigenvalue weighted by atomic mass is 10.0. The summed E-state index contributed by atoms with van der Waals surface area (Å²) in [5, 5.41) is 13.9. The Bertz CT molecular complexity index is 1270. The summed E-state index contributed by atoms with van der Waals surface area (Å²) >= 11 is 0. The number of carbonyl (C=O) groups excluding carboxylic acids is 2. The predicted octanol–water partition coefficient (Wildman–Crippen LogP) is 4.14. The van der Waals surface area contributed by atoms with Crippen LogP contribution in [0.4, 0.5) is 21.5 Å². The zero-order valence-electron chi connectivity index (χ0n) is 16.7. The molecule has 0 aromatic heterocycles. The van der Waals surface area contributed by atoms with Crippen LogP contribution in [-0.2, 0) is 9.59 Å². The van der Waals surface area contributed by atoms with Crippen molar-refractivity contribution < 1.29 is 23.6 Å². The molecule has 1 N–H and O–H groups in total. The molecule has 4 rings (SSSR count). The van der Waals surface area contributed by atoms with Gasteiger partial charge in [-0.1, -0.05) is 18.2 Å². The van der Waals surface area contributed by atoms with Gasteiger partial charge in [0.15, 0.2) is 0 Å². The lowest BCUT2D eigenvalue weighted by Crippen LogP contribution is -2.33. The Morgan fingerprint density at radius 2 is 1.69 bits per heavy atom. The molecule has 0 unspecified atom stereocenters. The Morgan fingerprint density at radius 3 is 2.34 bits per heavy atom. The van der Waals surface area contributed by atoms with Crippen LogP contribution in [0.15, 0.2) is 78.5 Å². The van der Waals surface area contributed by atoms with Crippen molar-refractivity contribution in [1.29, 1.82) is 0 Å². The van der Waals surface area contributed by atoms with Crippen molar-refractivity contribution in [1.82, 2.24) is 0 Å². The van der Waals surface area contributed by atoms with Gasteiger partial charge >= 0.3 is 0 Å². The molecule has 8 nitrogen and oxygen atoms in total. The minimum Gasteiger partial charge on any atom is -0.497 e. The highest BCUT2D eigenvalue weighted by atomic mass is 19.1. The molecule has 160 valence electrons. The standard InChI is InChI=1S/C23H16FN3O5/c1-32-17-6-4-5-15(13-17)25-21-20(14-9-11-16(12-10-14)27(30)31)22(28)26(23(21)29)19-8-3-2-7-18(19)24/h2-13,25H,1H3. The third-order valence-corrected chi connectivity index (χ3v) is 4.88. The minimum absolute atomic E-state index is 0.0315. The number of rotatable bonds is 6. The first-order chi connectivity index (χ1) is 15.4. The van der Waals surface area contributed by atoms with E-state index in [0.29, 0.717) is 11.4 Å². The van der Waals surface area contributed by atoms with Gasteiger partial charge in [0.25, 0.3) is 17.5 Å². The fourth-order valence-corrected chi connectivity index (χ4v) is 3.36. The first-order valence-electron chi connectivity index (χ1n) is 9.44. The number of carbonyl (C=O) groups is 2. The first kappa shape index (κ1) is 20.7. The molecule has 0 atom stereocenters. The van der Waals surface area contributed by atoms with E-state index < -0.39 is 22.6 Å². The monoisotopic (exact) mass is 433 g/mol. The van der Waals surface area contributed by atoms with Crippen LogP contribution in [0, 0.1) is 15.9 Å². The number of nitro benzene ring substituents is 1. The average Bonchev–Trinajstić information content (AvgIpc) is 3.03. The number of nitrogens with one attached hydrogen (secondary N) is 1. The zero-order valence-corrected chi connectivity index (χ0v) is 16.7. The molecule has 0 fully saturated rings. The van der Waals surface area contributed by atoms with Crippen LogP contribution in [0.1, 0.15) is 5.56 Å². The van der Waals surface area contributed by atoms with Crippen molar-refractivity contribution in [2.24, 2.45) is 0 Å². The van der Waals surface area contributed by atoms with Gasteiger partial charge in [-0.05, 0) is 42.0 Å². The molecule has 2 amide bonds. The summed E-state index contributed by atoms with van der Waals surface area (Å²) in [6.07, 6.45) is 0. The fourth-order valence-electron chi connectivity index (χ4n) is 3.36. The van der Waals surface area contributed by atoms with Crippen molar-refractivity contribution in [3.8, 4) is 5.75 Å². The molecule has 0 bridgehead atoms. The molecule has 1 aliphatic rings. The van der Waals surface area contributed by atoms with Crippen LogP contribution < -0.4 is 15.0 Å². The van der Waals surface area contributed by atoms with E-state index >= 15 is 0 Å². The van der Waals surface area contributed by atoms with E-state index in [0.717, 1.165) is 11.0 Å². The van der Waals surface area contributed by atoms with E-state index in [-0.39, 0.29) is 28.2 Å². The van der Waals surface area contributed by atoms with E-state index in [2.05, 4.69) is 5.32 Å². The van der Waals surface area contributed by atoms with Gasteiger partial charge in [0.1, 0.15) is 17.3 Å². The van der Waals surface area contributed by atoms with Gasteiger partial charge in [0.05, 0.1) is 23.3 Å². The molecular weight excluding hydrogens is 417 g/mol. The molecular formula is C23H16FN3O5. The number of methoxy groups -OCH3 is 1. The second-order valence-corrected chi connectivity index (χ2v) is 6.81. The van der Waals surface area contributed by atoms with E-state index in [1.807, 2.05) is 0 Å². The third-order valence-electron chi connectivity index (χ3n) is 4.88. The number of hydrogen-bond acceptors (Lipinski definition) is 6. The predicted molar refractivity (Wildman–Crippen MR) is 116 cm³/mol. The number of anilines is 2. The highest BCUT2D eigenvalue weighted by Gasteiger charge is 2.41. The lowest BCUT2D eigenvalue weighted by molar-refractivity contribution is -0.384. The van der Waals surface area contributed by atoms with Gasteiger partial charge in [-0.3, -0.25) is 19.7 Å². The largest absolute Gasteiger partial charge is 0.497 e. The highest BCUT2D eigenvalue weighted by molar-refractivity contribution is 6.46. The molecule has 0 radical (unpaired) electrons. The molecule has 32 heavy (non-hydrogen) atoms. The summed E-state index contributed by atoms with van der Waals surface area (Å²) in [4.78, 5) is 37.7. The zero-order chi connectivity index (χ0) is 22.8. The van der Waals surface area contributed by atoms with E-state index in [4.69, 9.17) is 4.74 Å². The average molecular weight is 433 g/mol. The number of hydrogen-bond donors (Lipinski definition) is 1. The van der Waals surface area contributed by atoms with Crippen LogP contribution in [-0.4, -0.2) is 23.8 Å². The molecule has 3 aromatic carbocycles. The molecule has 1 aliphatic heterocycles. The molecule has 9 heteroatoms. The Labute approximate surface area is 181 Å². The second-order valence-electron chi connectivity index (χ2n) is 6.81. The first-order valence-corrected chi connectivity index (χ1v) is 9.44. The Hall–Kier alpha value is -4.53. The van der Waals surface area contributed by atoms with Gasteiger partial charge in [0, 0.05) is 23.9 Å². The lowest BCUT2D eigenvalue weighted by Gasteiger charge is -2.16. The highest BCUT2D eigenvalue weighted by Crippen LogP contribution is 2.35. The smallest absolute Gasteiger partial charge is 0.282 e. The SMILES string of the molecule is COc1cccc(NC2=C(c3ccc([N+](=O)[O-])cc3)C(=O)N(c3ccccc3F)C2=O)c1. The van der Waals surface area contributed by atoms with E-state index in [9.17, 15) is 24.1 Å². The minimum atomic E-state index is -0.753. The summed E-state index contributed by atoms with van der Waals surface area (Å²) in [5.74, 6) is -1.72. The Balaban J connectivity index is 1.83. The van der Waals surface area contributed by atoms with Crippen LogP contribution >= 0.6 is 0 Å². The summed E-state index contributed by atoms with van der Waals surface area (Å²) in [5.41, 5.74) is 0.272. The van der Waals surface area contributed by atoms with Gasteiger partial charge in [-0.25, -0.2) is 9.29 Å². The van der Waals surface area contributed by atoms with Crippen LogP contribution in [0.5, 0.6) is 5.75 Å². The number of non-ortho nitro benzene ring substituents is 1. The van der Waals surface area contributed by atoms with Crippen LogP contribution in [0.25, 0.3) is 5.57 Å². The number of nitrogens with zero attached hydrogens (tertiary/aromatic N) is 2. The topological polar surface area (TPSA) is 102 Å².